The number of carboxylic acids is 1. The summed E-state index contributed by atoms with van der Waals surface area (Å²) in [6.45, 7) is 2.22. The van der Waals surface area contributed by atoms with E-state index in [-0.39, 0.29) is 0 Å². The number of unbranched alkanes of at least 4 members (excludes halogenated alkanes) is 5. The zero-order valence-corrected chi connectivity index (χ0v) is 14.2. The molecule has 1 aromatic rings. The van der Waals surface area contributed by atoms with Crippen molar-refractivity contribution in [3.8, 4) is 0 Å². The van der Waals surface area contributed by atoms with Crippen molar-refractivity contribution in [2.45, 2.75) is 67.9 Å². The van der Waals surface area contributed by atoms with Gasteiger partial charge in [0.05, 0.1) is 0 Å². The molecule has 0 spiro atoms. The zero-order chi connectivity index (χ0) is 14.8. The molecular formula is C13H22N2O2S3. The normalized spacial score (nSPS) is 12.4. The van der Waals surface area contributed by atoms with Crippen molar-refractivity contribution in [2.75, 3.05) is 0 Å². The van der Waals surface area contributed by atoms with Crippen LogP contribution in [0.25, 0.3) is 0 Å². The van der Waals surface area contributed by atoms with Gasteiger partial charge in [0.2, 0.25) is 0 Å². The number of thioether (sulfide) groups is 1. The number of H-pyrrole nitrogens is 1. The predicted molar refractivity (Wildman–Crippen MR) is 87.2 cm³/mol. The van der Waals surface area contributed by atoms with Crippen molar-refractivity contribution in [3.05, 3.63) is 3.95 Å². The number of carboxylic acid groups (broad SMARTS) is 1. The van der Waals surface area contributed by atoms with Crippen LogP contribution in [0.4, 0.5) is 0 Å². The molecule has 1 rings (SSSR count). The fourth-order valence-electron chi connectivity index (χ4n) is 1.91. The molecule has 0 aromatic carbocycles. The summed E-state index contributed by atoms with van der Waals surface area (Å²) in [6, 6.07) is 0. The van der Waals surface area contributed by atoms with Gasteiger partial charge >= 0.3 is 5.97 Å². The molecule has 0 aliphatic rings. The number of rotatable bonds is 11. The largest absolute Gasteiger partial charge is 0.481 e. The zero-order valence-electron chi connectivity index (χ0n) is 11.8. The SMILES string of the molecule is CC(CCCCCCCCC(=O)O)Sc1n[nH]c(=S)s1. The summed E-state index contributed by atoms with van der Waals surface area (Å²) in [4.78, 5) is 10.3. The minimum Gasteiger partial charge on any atom is -0.481 e. The number of aliphatic carboxylic acids is 1. The summed E-state index contributed by atoms with van der Waals surface area (Å²) in [5.74, 6) is -0.683. The highest BCUT2D eigenvalue weighted by Crippen LogP contribution is 2.28. The molecule has 1 unspecified atom stereocenters. The molecule has 114 valence electrons. The van der Waals surface area contributed by atoms with E-state index in [9.17, 15) is 4.79 Å². The van der Waals surface area contributed by atoms with Crippen molar-refractivity contribution in [1.82, 2.24) is 10.2 Å². The molecule has 0 aliphatic carbocycles. The average molecular weight is 335 g/mol. The van der Waals surface area contributed by atoms with Crippen LogP contribution in [0, 0.1) is 3.95 Å². The van der Waals surface area contributed by atoms with Crippen molar-refractivity contribution in [1.29, 1.82) is 0 Å². The van der Waals surface area contributed by atoms with Crippen molar-refractivity contribution >= 4 is 41.3 Å². The van der Waals surface area contributed by atoms with E-state index in [1.165, 1.54) is 37.0 Å². The quantitative estimate of drug-likeness (QED) is 0.343. The van der Waals surface area contributed by atoms with Crippen LogP contribution in [0.15, 0.2) is 4.34 Å². The maximum absolute atomic E-state index is 10.3. The molecule has 1 atom stereocenters. The van der Waals surface area contributed by atoms with Gasteiger partial charge in [-0.05, 0) is 25.1 Å². The molecule has 0 aliphatic heterocycles. The fourth-order valence-corrected chi connectivity index (χ4v) is 4.36. The van der Waals surface area contributed by atoms with Gasteiger partial charge in [-0.2, -0.15) is 5.10 Å². The van der Waals surface area contributed by atoms with E-state index >= 15 is 0 Å². The van der Waals surface area contributed by atoms with Crippen LogP contribution in [0.1, 0.15) is 58.3 Å². The number of nitrogens with one attached hydrogen (secondary N) is 1. The fraction of sp³-hybridized carbons (Fsp3) is 0.769. The highest BCUT2D eigenvalue weighted by molar-refractivity contribution is 8.01. The summed E-state index contributed by atoms with van der Waals surface area (Å²) in [7, 11) is 0. The first-order valence-corrected chi connectivity index (χ1v) is 9.12. The molecule has 0 fully saturated rings. The van der Waals surface area contributed by atoms with Crippen LogP contribution in [-0.4, -0.2) is 26.5 Å². The molecule has 1 aromatic heterocycles. The van der Waals surface area contributed by atoms with E-state index in [1.807, 2.05) is 0 Å². The third-order valence-electron chi connectivity index (χ3n) is 2.97. The summed E-state index contributed by atoms with van der Waals surface area (Å²) >= 11 is 8.33. The third-order valence-corrected chi connectivity index (χ3v) is 5.33. The maximum atomic E-state index is 10.3. The van der Waals surface area contributed by atoms with Crippen LogP contribution in [-0.2, 0) is 4.79 Å². The van der Waals surface area contributed by atoms with Gasteiger partial charge < -0.3 is 5.11 Å². The van der Waals surface area contributed by atoms with E-state index in [0.29, 0.717) is 11.7 Å². The number of hydrogen-bond acceptors (Lipinski definition) is 5. The van der Waals surface area contributed by atoms with Gasteiger partial charge in [0.1, 0.15) is 0 Å². The first kappa shape index (κ1) is 17.7. The Balaban J connectivity index is 1.95. The van der Waals surface area contributed by atoms with Crippen LogP contribution in [0.5, 0.6) is 0 Å². The molecule has 2 N–H and O–H groups in total. The van der Waals surface area contributed by atoms with Crippen molar-refractivity contribution < 1.29 is 9.90 Å². The topological polar surface area (TPSA) is 66.0 Å². The molecule has 0 bridgehead atoms. The Labute approximate surface area is 133 Å². The lowest BCUT2D eigenvalue weighted by Gasteiger charge is -2.08. The Morgan fingerprint density at radius 3 is 2.60 bits per heavy atom. The molecule has 0 saturated carbocycles. The summed E-state index contributed by atoms with van der Waals surface area (Å²) in [5.41, 5.74) is 0. The molecule has 7 heteroatoms. The molecule has 0 amide bonds. The Bertz CT molecular complexity index is 445. The summed E-state index contributed by atoms with van der Waals surface area (Å²) in [5, 5.41) is 16.0. The monoisotopic (exact) mass is 334 g/mol. The Morgan fingerprint density at radius 2 is 2.00 bits per heavy atom. The summed E-state index contributed by atoms with van der Waals surface area (Å²) in [6.07, 6.45) is 8.15. The Hall–Kier alpha value is -0.400. The van der Waals surface area contributed by atoms with Gasteiger partial charge in [0.25, 0.3) is 0 Å². The van der Waals surface area contributed by atoms with Crippen molar-refractivity contribution in [2.24, 2.45) is 0 Å². The number of aromatic nitrogens is 2. The van der Waals surface area contributed by atoms with Gasteiger partial charge in [0, 0.05) is 11.7 Å². The second kappa shape index (κ2) is 10.3. The van der Waals surface area contributed by atoms with Gasteiger partial charge in [-0.15, -0.1) is 0 Å². The maximum Gasteiger partial charge on any atom is 0.303 e. The van der Waals surface area contributed by atoms with Crippen LogP contribution in [0.2, 0.25) is 0 Å². The van der Waals surface area contributed by atoms with E-state index in [4.69, 9.17) is 17.3 Å². The molecule has 4 nitrogen and oxygen atoms in total. The molecule has 0 saturated heterocycles. The highest BCUT2D eigenvalue weighted by Gasteiger charge is 2.07. The first-order valence-electron chi connectivity index (χ1n) is 7.02. The van der Waals surface area contributed by atoms with Crippen LogP contribution < -0.4 is 0 Å². The lowest BCUT2D eigenvalue weighted by atomic mass is 10.1. The number of nitrogens with zero attached hydrogens (tertiary/aromatic N) is 1. The standard InChI is InChI=1S/C13H22N2O2S3/c1-10(19-13-15-14-12(18)20-13)8-6-4-2-3-5-7-9-11(16)17/h10H,2-9H2,1H3,(H,14,18)(H,16,17). The average Bonchev–Trinajstić information content (AvgIpc) is 2.77. The van der Waals surface area contributed by atoms with E-state index in [2.05, 4.69) is 17.1 Å². The van der Waals surface area contributed by atoms with E-state index < -0.39 is 5.97 Å². The van der Waals surface area contributed by atoms with Gasteiger partial charge in [0.15, 0.2) is 8.29 Å². The number of carbonyl (C=O) groups is 1. The van der Waals surface area contributed by atoms with Crippen LogP contribution >= 0.6 is 35.3 Å². The number of hydrogen-bond donors (Lipinski definition) is 2. The highest BCUT2D eigenvalue weighted by atomic mass is 32.2. The Morgan fingerprint density at radius 1 is 1.35 bits per heavy atom. The minimum atomic E-state index is -0.683. The molecule has 20 heavy (non-hydrogen) atoms. The third kappa shape index (κ3) is 8.71. The van der Waals surface area contributed by atoms with Gasteiger partial charge in [-0.1, -0.05) is 62.1 Å². The smallest absolute Gasteiger partial charge is 0.303 e. The minimum absolute atomic E-state index is 0.309. The van der Waals surface area contributed by atoms with Gasteiger partial charge in [-0.25, -0.2) is 0 Å². The van der Waals surface area contributed by atoms with Gasteiger partial charge in [-0.3, -0.25) is 9.89 Å². The van der Waals surface area contributed by atoms with Crippen LogP contribution in [0.3, 0.4) is 0 Å². The van der Waals surface area contributed by atoms with E-state index in [1.54, 1.807) is 11.8 Å². The second-order valence-corrected chi connectivity index (χ2v) is 8.21. The van der Waals surface area contributed by atoms with E-state index in [0.717, 1.165) is 27.6 Å². The lowest BCUT2D eigenvalue weighted by molar-refractivity contribution is -0.137. The predicted octanol–water partition coefficient (Wildman–Crippen LogP) is 4.89. The molecule has 1 heterocycles. The number of aromatic amines is 1. The second-order valence-electron chi connectivity index (χ2n) is 4.86. The first-order chi connectivity index (χ1) is 9.58. The molecule has 0 radical (unpaired) electrons. The Kier molecular flexibility index (Phi) is 9.13. The summed E-state index contributed by atoms with van der Waals surface area (Å²) < 4.78 is 1.76. The van der Waals surface area contributed by atoms with Crippen molar-refractivity contribution in [3.63, 3.8) is 0 Å². The lowest BCUT2D eigenvalue weighted by Crippen LogP contribution is -1.96. The molecular weight excluding hydrogens is 312 g/mol.